The molecule has 1 aliphatic carbocycles. The number of ketones is 1. The average molecular weight is 484 g/mol. The van der Waals surface area contributed by atoms with Crippen LogP contribution in [0.25, 0.3) is 0 Å². The van der Waals surface area contributed by atoms with Gasteiger partial charge in [-0.3, -0.25) is 4.79 Å². The number of unbranched alkanes of at least 4 members (excludes halogenated alkanes) is 1. The lowest BCUT2D eigenvalue weighted by Gasteiger charge is -2.36. The largest absolute Gasteiger partial charge is 0.462 e. The Kier molecular flexibility index (Phi) is 7.26. The van der Waals surface area contributed by atoms with Gasteiger partial charge >= 0.3 is 5.97 Å². The van der Waals surface area contributed by atoms with E-state index in [0.717, 1.165) is 29.7 Å². The molecule has 0 amide bonds. The number of allylic oxidation sites excluding steroid dienone is 3. The summed E-state index contributed by atoms with van der Waals surface area (Å²) in [5.41, 5.74) is 4.53. The maximum absolute atomic E-state index is 13.6. The maximum atomic E-state index is 13.6. The second kappa shape index (κ2) is 10.1. The molecule has 2 aromatic rings. The van der Waals surface area contributed by atoms with Crippen LogP contribution in [0.5, 0.6) is 0 Å². The molecule has 0 aromatic heterocycles. The van der Waals surface area contributed by atoms with Crippen molar-refractivity contribution in [1.82, 2.24) is 5.32 Å². The summed E-state index contributed by atoms with van der Waals surface area (Å²) in [5, 5.41) is 4.19. The lowest BCUT2D eigenvalue weighted by molar-refractivity contribution is -0.139. The Morgan fingerprint density at radius 3 is 2.52 bits per heavy atom. The topological polar surface area (TPSA) is 55.4 Å². The number of esters is 1. The van der Waals surface area contributed by atoms with Gasteiger partial charge in [0.1, 0.15) is 0 Å². The molecule has 0 saturated carbocycles. The molecule has 1 N–H and O–H groups in total. The van der Waals surface area contributed by atoms with Crippen molar-refractivity contribution in [3.05, 3.63) is 92.2 Å². The van der Waals surface area contributed by atoms with Crippen LogP contribution in [0, 0.1) is 0 Å². The molecule has 0 spiro atoms. The van der Waals surface area contributed by atoms with Gasteiger partial charge < -0.3 is 10.1 Å². The van der Waals surface area contributed by atoms with Gasteiger partial charge in [-0.2, -0.15) is 0 Å². The van der Waals surface area contributed by atoms with Crippen molar-refractivity contribution in [2.45, 2.75) is 51.4 Å². The number of carbonyl (C=O) groups is 2. The number of benzene rings is 2. The molecular weight excluding hydrogens is 457 g/mol. The maximum Gasteiger partial charge on any atom is 0.336 e. The van der Waals surface area contributed by atoms with Gasteiger partial charge in [-0.1, -0.05) is 72.9 Å². The van der Waals surface area contributed by atoms with Crippen molar-refractivity contribution in [2.24, 2.45) is 0 Å². The molecule has 6 heteroatoms. The molecule has 0 fully saturated rings. The molecular formula is C27H27Cl2NO3. The first-order valence-electron chi connectivity index (χ1n) is 11.3. The predicted molar refractivity (Wildman–Crippen MR) is 131 cm³/mol. The van der Waals surface area contributed by atoms with Crippen LogP contribution in [0.2, 0.25) is 10.0 Å². The van der Waals surface area contributed by atoms with E-state index in [9.17, 15) is 9.59 Å². The number of carbonyl (C=O) groups excluding carboxylic acids is 2. The monoisotopic (exact) mass is 483 g/mol. The predicted octanol–water partition coefficient (Wildman–Crippen LogP) is 6.70. The fourth-order valence-corrected chi connectivity index (χ4v) is 4.99. The zero-order valence-corrected chi connectivity index (χ0v) is 20.3. The summed E-state index contributed by atoms with van der Waals surface area (Å²) in [7, 11) is 0. The van der Waals surface area contributed by atoms with Crippen molar-refractivity contribution in [1.29, 1.82) is 0 Å². The summed E-state index contributed by atoms with van der Waals surface area (Å²) in [4.78, 5) is 26.7. The molecule has 172 valence electrons. The molecule has 1 heterocycles. The van der Waals surface area contributed by atoms with Crippen LogP contribution in [0.4, 0.5) is 0 Å². The van der Waals surface area contributed by atoms with E-state index in [2.05, 4.69) is 17.4 Å². The Morgan fingerprint density at radius 2 is 1.82 bits per heavy atom. The van der Waals surface area contributed by atoms with Gasteiger partial charge in [0.05, 0.1) is 22.2 Å². The number of nitrogens with one attached hydrogen (secondary N) is 1. The van der Waals surface area contributed by atoms with Crippen LogP contribution in [0.15, 0.2) is 71.1 Å². The van der Waals surface area contributed by atoms with Gasteiger partial charge in [0, 0.05) is 29.3 Å². The summed E-state index contributed by atoms with van der Waals surface area (Å²) in [6, 6.07) is 15.4. The Morgan fingerprint density at radius 1 is 1.06 bits per heavy atom. The van der Waals surface area contributed by atoms with Gasteiger partial charge in [0.15, 0.2) is 5.78 Å². The number of halogens is 2. The van der Waals surface area contributed by atoms with Gasteiger partial charge in [-0.05, 0) is 48.9 Å². The van der Waals surface area contributed by atoms with Gasteiger partial charge in [0.25, 0.3) is 0 Å². The molecule has 4 nitrogen and oxygen atoms in total. The van der Waals surface area contributed by atoms with E-state index in [-0.39, 0.29) is 11.7 Å². The Labute approximate surface area is 204 Å². The molecule has 2 aliphatic rings. The molecule has 4 rings (SSSR count). The highest BCUT2D eigenvalue weighted by Gasteiger charge is 2.41. The molecule has 0 saturated heterocycles. The standard InChI is InChI=1S/C27H27Cl2NO3/c1-3-4-12-33-27(32)24-16(2)30-22-14-19(17-8-6-5-7-9-17)15-23(31)26(22)25(24)18-10-11-20(28)21(29)13-18/h5-11,13,19,25,30H,3-4,12,14-15H2,1-2H3. The first kappa shape index (κ1) is 23.6. The minimum absolute atomic E-state index is 0.0278. The SMILES string of the molecule is CCCCOC(=O)C1=C(C)NC2=C(C(=O)CC(c3ccccc3)C2)C1c1ccc(Cl)c(Cl)c1. The number of ether oxygens (including phenoxy) is 1. The quantitative estimate of drug-likeness (QED) is 0.366. The summed E-state index contributed by atoms with van der Waals surface area (Å²) in [6.45, 7) is 4.25. The van der Waals surface area contributed by atoms with Crippen LogP contribution in [0.3, 0.4) is 0 Å². The number of hydrogen-bond donors (Lipinski definition) is 1. The third kappa shape index (κ3) is 4.87. The van der Waals surface area contributed by atoms with Gasteiger partial charge in [0.2, 0.25) is 0 Å². The zero-order valence-electron chi connectivity index (χ0n) is 18.8. The van der Waals surface area contributed by atoms with Crippen molar-refractivity contribution >= 4 is 35.0 Å². The van der Waals surface area contributed by atoms with Crippen molar-refractivity contribution in [2.75, 3.05) is 6.61 Å². The molecule has 2 aromatic carbocycles. The van der Waals surface area contributed by atoms with Crippen LogP contribution in [0.1, 0.15) is 62.5 Å². The van der Waals surface area contributed by atoms with E-state index in [1.54, 1.807) is 12.1 Å². The molecule has 2 atom stereocenters. The highest BCUT2D eigenvalue weighted by Crippen LogP contribution is 2.46. The lowest BCUT2D eigenvalue weighted by atomic mass is 9.72. The number of rotatable bonds is 6. The zero-order chi connectivity index (χ0) is 23.5. The third-order valence-electron chi connectivity index (χ3n) is 6.33. The van der Waals surface area contributed by atoms with Crippen molar-refractivity contribution in [3.8, 4) is 0 Å². The fourth-order valence-electron chi connectivity index (χ4n) is 4.68. The average Bonchev–Trinajstić information content (AvgIpc) is 2.80. The number of Topliss-reactive ketones (excluding diaryl/α,β-unsaturated/α-hetero) is 1. The van der Waals surface area contributed by atoms with E-state index >= 15 is 0 Å². The van der Waals surface area contributed by atoms with Crippen LogP contribution in [-0.4, -0.2) is 18.4 Å². The van der Waals surface area contributed by atoms with Crippen LogP contribution < -0.4 is 5.32 Å². The first-order valence-corrected chi connectivity index (χ1v) is 12.1. The van der Waals surface area contributed by atoms with E-state index in [1.807, 2.05) is 38.1 Å². The second-order valence-corrected chi connectivity index (χ2v) is 9.41. The third-order valence-corrected chi connectivity index (χ3v) is 7.07. The van der Waals surface area contributed by atoms with Crippen LogP contribution in [-0.2, 0) is 14.3 Å². The molecule has 0 radical (unpaired) electrons. The van der Waals surface area contributed by atoms with Crippen molar-refractivity contribution < 1.29 is 14.3 Å². The summed E-state index contributed by atoms with van der Waals surface area (Å²) >= 11 is 12.5. The summed E-state index contributed by atoms with van der Waals surface area (Å²) in [6.07, 6.45) is 2.79. The van der Waals surface area contributed by atoms with Crippen LogP contribution >= 0.6 is 23.2 Å². The minimum Gasteiger partial charge on any atom is -0.462 e. The normalized spacial score (nSPS) is 20.4. The Hall–Kier alpha value is -2.56. The minimum atomic E-state index is -0.547. The van der Waals surface area contributed by atoms with Gasteiger partial charge in [-0.15, -0.1) is 0 Å². The van der Waals surface area contributed by atoms with E-state index in [1.165, 1.54) is 0 Å². The van der Waals surface area contributed by atoms with E-state index in [0.29, 0.717) is 46.3 Å². The molecule has 33 heavy (non-hydrogen) atoms. The highest BCUT2D eigenvalue weighted by atomic mass is 35.5. The highest BCUT2D eigenvalue weighted by molar-refractivity contribution is 6.42. The van der Waals surface area contributed by atoms with Crippen molar-refractivity contribution in [3.63, 3.8) is 0 Å². The molecule has 2 unspecified atom stereocenters. The summed E-state index contributed by atoms with van der Waals surface area (Å²) in [5.74, 6) is -0.839. The Bertz CT molecular complexity index is 1140. The summed E-state index contributed by atoms with van der Waals surface area (Å²) < 4.78 is 5.57. The first-order chi connectivity index (χ1) is 15.9. The second-order valence-electron chi connectivity index (χ2n) is 8.59. The van der Waals surface area contributed by atoms with E-state index < -0.39 is 11.9 Å². The Balaban J connectivity index is 1.77. The van der Waals surface area contributed by atoms with Gasteiger partial charge in [-0.25, -0.2) is 4.79 Å². The smallest absolute Gasteiger partial charge is 0.336 e. The molecule has 0 bridgehead atoms. The lowest BCUT2D eigenvalue weighted by Crippen LogP contribution is -2.36. The van der Waals surface area contributed by atoms with E-state index in [4.69, 9.17) is 27.9 Å². The number of dihydropyridines is 1. The fraction of sp³-hybridized carbons (Fsp3) is 0.333. The number of hydrogen-bond acceptors (Lipinski definition) is 4. The molecule has 1 aliphatic heterocycles.